The van der Waals surface area contributed by atoms with E-state index in [9.17, 15) is 0 Å². The molecule has 0 fully saturated rings. The molecule has 0 aliphatic rings. The molecule has 136 valence electrons. The fraction of sp³-hybridized carbons (Fsp3) is 0.550. The molecule has 1 N–H and O–H groups in total. The van der Waals surface area contributed by atoms with Crippen LogP contribution in [-0.4, -0.2) is 30.7 Å². The van der Waals surface area contributed by atoms with Crippen LogP contribution in [0.4, 0.5) is 5.69 Å². The highest BCUT2D eigenvalue weighted by molar-refractivity contribution is 5.50. The van der Waals surface area contributed by atoms with Crippen LogP contribution in [-0.2, 0) is 0 Å². The van der Waals surface area contributed by atoms with Crippen molar-refractivity contribution in [2.75, 3.05) is 18.9 Å². The molecular formula is C20H31N5. The molecule has 1 aromatic carbocycles. The molecule has 0 heterocycles. The molecule has 0 aliphatic heterocycles. The predicted molar refractivity (Wildman–Crippen MR) is 104 cm³/mol. The number of rotatable bonds is 9. The lowest BCUT2D eigenvalue weighted by molar-refractivity contribution is 0.304. The van der Waals surface area contributed by atoms with Crippen LogP contribution in [0.15, 0.2) is 46.3 Å². The number of nitrogens with one attached hydrogen (secondary N) is 1. The van der Waals surface area contributed by atoms with Gasteiger partial charge < -0.3 is 5.32 Å². The van der Waals surface area contributed by atoms with E-state index in [1.807, 2.05) is 43.2 Å². The molecule has 0 saturated carbocycles. The van der Waals surface area contributed by atoms with Gasteiger partial charge >= 0.3 is 0 Å². The third-order valence-corrected chi connectivity index (χ3v) is 4.43. The van der Waals surface area contributed by atoms with Crippen LogP contribution in [0.25, 0.3) is 0 Å². The second-order valence-corrected chi connectivity index (χ2v) is 6.78. The molecule has 2 unspecified atom stereocenters. The Bertz CT molecular complexity index is 627. The van der Waals surface area contributed by atoms with Crippen LogP contribution >= 0.6 is 0 Å². The third kappa shape index (κ3) is 7.38. The molecule has 0 aliphatic carbocycles. The van der Waals surface area contributed by atoms with Gasteiger partial charge in [0, 0.05) is 25.3 Å². The summed E-state index contributed by atoms with van der Waals surface area (Å²) in [6.07, 6.45) is 3.02. The summed E-state index contributed by atoms with van der Waals surface area (Å²) in [6.45, 7) is 11.3. The van der Waals surface area contributed by atoms with Gasteiger partial charge in [-0.25, -0.2) is 0 Å². The van der Waals surface area contributed by atoms with Crippen molar-refractivity contribution in [1.29, 1.82) is 5.26 Å². The molecule has 25 heavy (non-hydrogen) atoms. The van der Waals surface area contributed by atoms with Gasteiger partial charge in [0.1, 0.15) is 0 Å². The molecule has 0 amide bonds. The minimum Gasteiger partial charge on any atom is -0.378 e. The van der Waals surface area contributed by atoms with Gasteiger partial charge in [-0.15, -0.1) is 0 Å². The fourth-order valence-electron chi connectivity index (χ4n) is 2.16. The molecule has 2 atom stereocenters. The summed E-state index contributed by atoms with van der Waals surface area (Å²) in [7, 11) is 1.95. The lowest BCUT2D eigenvalue weighted by Crippen LogP contribution is -2.26. The van der Waals surface area contributed by atoms with Gasteiger partial charge in [0.05, 0.1) is 17.7 Å². The zero-order valence-electron chi connectivity index (χ0n) is 16.3. The van der Waals surface area contributed by atoms with Gasteiger partial charge in [-0.2, -0.15) is 10.4 Å². The predicted octanol–water partition coefficient (Wildman–Crippen LogP) is 5.04. The first kappa shape index (κ1) is 20.7. The number of hydrogen-bond acceptors (Lipinski definition) is 4. The summed E-state index contributed by atoms with van der Waals surface area (Å²) in [6, 6.07) is 10.2. The number of benzene rings is 1. The second kappa shape index (κ2) is 10.5. The number of hydrogen-bond donors (Lipinski definition) is 1. The highest BCUT2D eigenvalue weighted by Crippen LogP contribution is 2.17. The quantitative estimate of drug-likeness (QED) is 0.389. The topological polar surface area (TPSA) is 63.8 Å². The highest BCUT2D eigenvalue weighted by Gasteiger charge is 2.12. The van der Waals surface area contributed by atoms with Crippen molar-refractivity contribution in [1.82, 2.24) is 5.01 Å². The molecule has 5 heteroatoms. The van der Waals surface area contributed by atoms with Crippen LogP contribution in [0.2, 0.25) is 0 Å². The molecule has 0 saturated heterocycles. The first-order valence-corrected chi connectivity index (χ1v) is 8.88. The van der Waals surface area contributed by atoms with Crippen LogP contribution in [0.5, 0.6) is 0 Å². The first-order valence-electron chi connectivity index (χ1n) is 8.88. The van der Waals surface area contributed by atoms with Crippen molar-refractivity contribution in [3.05, 3.63) is 41.5 Å². The Hall–Kier alpha value is -2.35. The van der Waals surface area contributed by atoms with E-state index in [-0.39, 0.29) is 12.1 Å². The largest absolute Gasteiger partial charge is 0.378 e. The van der Waals surface area contributed by atoms with Gasteiger partial charge in [0.25, 0.3) is 0 Å². The van der Waals surface area contributed by atoms with Crippen LogP contribution in [0.3, 0.4) is 0 Å². The average Bonchev–Trinajstić information content (AvgIpc) is 2.62. The van der Waals surface area contributed by atoms with E-state index < -0.39 is 0 Å². The maximum absolute atomic E-state index is 9.05. The van der Waals surface area contributed by atoms with Crippen molar-refractivity contribution in [2.24, 2.45) is 16.3 Å². The molecular weight excluding hydrogens is 310 g/mol. The second-order valence-electron chi connectivity index (χ2n) is 6.78. The van der Waals surface area contributed by atoms with Crippen molar-refractivity contribution < 1.29 is 0 Å². The van der Waals surface area contributed by atoms with Gasteiger partial charge in [-0.1, -0.05) is 36.8 Å². The Morgan fingerprint density at radius 1 is 1.36 bits per heavy atom. The average molecular weight is 342 g/mol. The molecule has 5 nitrogen and oxygen atoms in total. The summed E-state index contributed by atoms with van der Waals surface area (Å²) in [5, 5.41) is 23.1. The van der Waals surface area contributed by atoms with Gasteiger partial charge in [0.15, 0.2) is 0 Å². The Kier molecular flexibility index (Phi) is 8.69. The SMILES string of the molecule is C/C=C(\C)C(CCN(C)N=NC(C)C(C)C)Nc1cccc(C#N)c1. The molecule has 1 aromatic rings. The van der Waals surface area contributed by atoms with Crippen molar-refractivity contribution >= 4 is 5.69 Å². The Labute approximate surface area is 152 Å². The fourth-order valence-corrected chi connectivity index (χ4v) is 2.16. The van der Waals surface area contributed by atoms with E-state index in [1.165, 1.54) is 5.57 Å². The maximum atomic E-state index is 9.05. The first-order chi connectivity index (χ1) is 11.9. The lowest BCUT2D eigenvalue weighted by Gasteiger charge is -2.23. The summed E-state index contributed by atoms with van der Waals surface area (Å²) < 4.78 is 0. The molecule has 0 bridgehead atoms. The van der Waals surface area contributed by atoms with E-state index >= 15 is 0 Å². The van der Waals surface area contributed by atoms with E-state index in [2.05, 4.69) is 55.5 Å². The highest BCUT2D eigenvalue weighted by atomic mass is 15.5. The molecule has 0 radical (unpaired) electrons. The van der Waals surface area contributed by atoms with Crippen LogP contribution < -0.4 is 5.32 Å². The molecule has 0 aromatic heterocycles. The smallest absolute Gasteiger partial charge is 0.0992 e. The van der Waals surface area contributed by atoms with Crippen molar-refractivity contribution in [3.8, 4) is 6.07 Å². The number of anilines is 1. The normalized spacial score (nSPS) is 14.4. The van der Waals surface area contributed by atoms with Gasteiger partial charge in [-0.05, 0) is 51.3 Å². The van der Waals surface area contributed by atoms with E-state index in [4.69, 9.17) is 5.26 Å². The van der Waals surface area contributed by atoms with E-state index in [0.717, 1.165) is 18.7 Å². The number of nitriles is 1. The summed E-state index contributed by atoms with van der Waals surface area (Å²) >= 11 is 0. The van der Waals surface area contributed by atoms with Gasteiger partial charge in [-0.3, -0.25) is 5.01 Å². The minimum absolute atomic E-state index is 0.194. The number of nitrogens with zero attached hydrogens (tertiary/aromatic N) is 4. The van der Waals surface area contributed by atoms with Crippen LogP contribution in [0.1, 0.15) is 46.6 Å². The van der Waals surface area contributed by atoms with E-state index in [0.29, 0.717) is 11.5 Å². The lowest BCUT2D eigenvalue weighted by atomic mass is 10.0. The summed E-state index contributed by atoms with van der Waals surface area (Å²) in [5.74, 6) is 0.490. The van der Waals surface area contributed by atoms with Crippen LogP contribution in [0, 0.1) is 17.2 Å². The maximum Gasteiger partial charge on any atom is 0.0992 e. The number of allylic oxidation sites excluding steroid dienone is 1. The Morgan fingerprint density at radius 2 is 2.08 bits per heavy atom. The summed E-state index contributed by atoms with van der Waals surface area (Å²) in [5.41, 5.74) is 2.89. The Balaban J connectivity index is 2.69. The molecule has 1 rings (SSSR count). The molecule has 0 spiro atoms. The monoisotopic (exact) mass is 341 g/mol. The van der Waals surface area contributed by atoms with Gasteiger partial charge in [0.2, 0.25) is 0 Å². The Morgan fingerprint density at radius 3 is 2.68 bits per heavy atom. The van der Waals surface area contributed by atoms with E-state index in [1.54, 1.807) is 0 Å². The zero-order valence-corrected chi connectivity index (χ0v) is 16.3. The van der Waals surface area contributed by atoms with Crippen molar-refractivity contribution in [2.45, 2.75) is 53.1 Å². The third-order valence-electron chi connectivity index (χ3n) is 4.43. The zero-order chi connectivity index (χ0) is 18.8. The minimum atomic E-state index is 0.194. The standard InChI is InChI=1S/C20H31N5/c1-7-16(4)20(22-19-10-8-9-18(13-19)14-21)11-12-25(6)24-23-17(5)15(2)3/h7-10,13,15,17,20,22H,11-12H2,1-6H3/b16-7+,24-23?. The van der Waals surface area contributed by atoms with Crippen molar-refractivity contribution in [3.63, 3.8) is 0 Å². The summed E-state index contributed by atoms with van der Waals surface area (Å²) in [4.78, 5) is 0.